The van der Waals surface area contributed by atoms with Crippen LogP contribution in [0.1, 0.15) is 18.5 Å². The number of rotatable bonds is 3. The van der Waals surface area contributed by atoms with Crippen LogP contribution in [0.15, 0.2) is 36.5 Å². The summed E-state index contributed by atoms with van der Waals surface area (Å²) in [5, 5.41) is 3.87. The van der Waals surface area contributed by atoms with Crippen LogP contribution < -0.4 is 11.1 Å². The molecule has 1 unspecified atom stereocenters. The molecular formula is C12H13ClN4. The second-order valence-corrected chi connectivity index (χ2v) is 4.10. The van der Waals surface area contributed by atoms with Crippen LogP contribution in [-0.4, -0.2) is 9.97 Å². The monoisotopic (exact) mass is 248 g/mol. The van der Waals surface area contributed by atoms with Crippen molar-refractivity contribution in [2.45, 2.75) is 13.0 Å². The molecule has 0 amide bonds. The lowest BCUT2D eigenvalue weighted by atomic mass is 10.1. The molecule has 2 aromatic rings. The van der Waals surface area contributed by atoms with E-state index in [1.807, 2.05) is 31.2 Å². The number of aromatic nitrogens is 2. The smallest absolute Gasteiger partial charge is 0.225 e. The number of benzene rings is 1. The number of halogens is 1. The summed E-state index contributed by atoms with van der Waals surface area (Å²) in [6.45, 7) is 1.99. The summed E-state index contributed by atoms with van der Waals surface area (Å²) in [5.41, 5.74) is 6.59. The number of hydrogen-bond acceptors (Lipinski definition) is 4. The molecule has 0 saturated heterocycles. The van der Waals surface area contributed by atoms with E-state index >= 15 is 0 Å². The second kappa shape index (κ2) is 5.01. The Labute approximate surface area is 105 Å². The molecule has 88 valence electrons. The van der Waals surface area contributed by atoms with Gasteiger partial charge in [0.2, 0.25) is 5.95 Å². The van der Waals surface area contributed by atoms with E-state index < -0.39 is 0 Å². The van der Waals surface area contributed by atoms with Crippen LogP contribution in [0.4, 0.5) is 11.8 Å². The first kappa shape index (κ1) is 11.7. The lowest BCUT2D eigenvalue weighted by molar-refractivity contribution is 0.862. The van der Waals surface area contributed by atoms with Crippen molar-refractivity contribution in [2.24, 2.45) is 0 Å². The molecule has 0 aliphatic rings. The number of nitrogens with zero attached hydrogens (tertiary/aromatic N) is 2. The summed E-state index contributed by atoms with van der Waals surface area (Å²) in [4.78, 5) is 8.17. The molecular weight excluding hydrogens is 236 g/mol. The Kier molecular flexibility index (Phi) is 3.44. The van der Waals surface area contributed by atoms with Gasteiger partial charge in [-0.25, -0.2) is 4.98 Å². The molecule has 0 radical (unpaired) electrons. The molecule has 0 aliphatic heterocycles. The first-order valence-corrected chi connectivity index (χ1v) is 5.64. The van der Waals surface area contributed by atoms with E-state index in [4.69, 9.17) is 17.3 Å². The van der Waals surface area contributed by atoms with Gasteiger partial charge in [-0.05, 0) is 24.6 Å². The van der Waals surface area contributed by atoms with Crippen molar-refractivity contribution >= 4 is 23.4 Å². The standard InChI is InChI=1S/C12H13ClN4/c1-8(9-4-2-3-5-10(9)13)16-12-15-7-6-11(14)17-12/h2-8H,1H3,(H3,14,15,16,17). The number of hydrogen-bond donors (Lipinski definition) is 2. The minimum Gasteiger partial charge on any atom is -0.384 e. The molecule has 1 atom stereocenters. The van der Waals surface area contributed by atoms with Crippen molar-refractivity contribution in [1.29, 1.82) is 0 Å². The zero-order chi connectivity index (χ0) is 12.3. The maximum Gasteiger partial charge on any atom is 0.225 e. The van der Waals surface area contributed by atoms with Gasteiger partial charge >= 0.3 is 0 Å². The lowest BCUT2D eigenvalue weighted by Crippen LogP contribution is -2.10. The Hall–Kier alpha value is -1.81. The van der Waals surface area contributed by atoms with Crippen LogP contribution in [-0.2, 0) is 0 Å². The van der Waals surface area contributed by atoms with Crippen molar-refractivity contribution in [3.05, 3.63) is 47.1 Å². The van der Waals surface area contributed by atoms with E-state index in [1.54, 1.807) is 12.3 Å². The summed E-state index contributed by atoms with van der Waals surface area (Å²) in [6.07, 6.45) is 1.62. The van der Waals surface area contributed by atoms with Gasteiger partial charge in [-0.15, -0.1) is 0 Å². The summed E-state index contributed by atoms with van der Waals surface area (Å²) < 4.78 is 0. The fourth-order valence-corrected chi connectivity index (χ4v) is 1.84. The molecule has 4 nitrogen and oxygen atoms in total. The van der Waals surface area contributed by atoms with E-state index in [-0.39, 0.29) is 6.04 Å². The van der Waals surface area contributed by atoms with Gasteiger partial charge in [0.05, 0.1) is 6.04 Å². The quantitative estimate of drug-likeness (QED) is 0.877. The number of nitrogen functional groups attached to an aromatic ring is 1. The van der Waals surface area contributed by atoms with E-state index in [2.05, 4.69) is 15.3 Å². The predicted molar refractivity (Wildman–Crippen MR) is 69.9 cm³/mol. The Bertz CT molecular complexity index is 515. The molecule has 1 aromatic carbocycles. The number of anilines is 2. The molecule has 17 heavy (non-hydrogen) atoms. The fourth-order valence-electron chi connectivity index (χ4n) is 1.54. The molecule has 1 heterocycles. The largest absolute Gasteiger partial charge is 0.384 e. The van der Waals surface area contributed by atoms with E-state index in [0.717, 1.165) is 10.6 Å². The number of nitrogens with one attached hydrogen (secondary N) is 1. The molecule has 5 heteroatoms. The number of nitrogens with two attached hydrogens (primary N) is 1. The maximum absolute atomic E-state index is 6.11. The highest BCUT2D eigenvalue weighted by Gasteiger charge is 2.09. The SMILES string of the molecule is CC(Nc1nccc(N)n1)c1ccccc1Cl. The maximum atomic E-state index is 6.11. The highest BCUT2D eigenvalue weighted by molar-refractivity contribution is 6.31. The highest BCUT2D eigenvalue weighted by atomic mass is 35.5. The summed E-state index contributed by atoms with van der Waals surface area (Å²) in [5.74, 6) is 0.936. The van der Waals surface area contributed by atoms with Gasteiger partial charge in [-0.1, -0.05) is 29.8 Å². The van der Waals surface area contributed by atoms with E-state index in [9.17, 15) is 0 Å². The Morgan fingerprint density at radius 3 is 2.76 bits per heavy atom. The molecule has 0 spiro atoms. The van der Waals surface area contributed by atoms with Gasteiger partial charge in [-0.3, -0.25) is 0 Å². The van der Waals surface area contributed by atoms with E-state index in [0.29, 0.717) is 11.8 Å². The zero-order valence-corrected chi connectivity index (χ0v) is 10.1. The van der Waals surface area contributed by atoms with Gasteiger partial charge in [0.1, 0.15) is 5.82 Å². The molecule has 2 rings (SSSR count). The molecule has 0 bridgehead atoms. The van der Waals surface area contributed by atoms with Crippen LogP contribution in [0.3, 0.4) is 0 Å². The van der Waals surface area contributed by atoms with Crippen LogP contribution in [0, 0.1) is 0 Å². The van der Waals surface area contributed by atoms with Crippen molar-refractivity contribution in [2.75, 3.05) is 11.1 Å². The lowest BCUT2D eigenvalue weighted by Gasteiger charge is -2.15. The predicted octanol–water partition coefficient (Wildman–Crippen LogP) is 2.89. The third-order valence-electron chi connectivity index (χ3n) is 2.39. The van der Waals surface area contributed by atoms with Crippen molar-refractivity contribution in [3.8, 4) is 0 Å². The first-order valence-electron chi connectivity index (χ1n) is 5.26. The highest BCUT2D eigenvalue weighted by Crippen LogP contribution is 2.24. The van der Waals surface area contributed by atoms with Crippen LogP contribution in [0.2, 0.25) is 5.02 Å². The van der Waals surface area contributed by atoms with Crippen molar-refractivity contribution in [1.82, 2.24) is 9.97 Å². The fraction of sp³-hybridized carbons (Fsp3) is 0.167. The van der Waals surface area contributed by atoms with Gasteiger partial charge in [0.15, 0.2) is 0 Å². The summed E-state index contributed by atoms with van der Waals surface area (Å²) in [6, 6.07) is 9.33. The first-order chi connectivity index (χ1) is 8.16. The van der Waals surface area contributed by atoms with Gasteiger partial charge in [0, 0.05) is 11.2 Å². The normalized spacial score (nSPS) is 12.1. The van der Waals surface area contributed by atoms with Crippen molar-refractivity contribution in [3.63, 3.8) is 0 Å². The molecule has 0 saturated carbocycles. The van der Waals surface area contributed by atoms with Crippen LogP contribution >= 0.6 is 11.6 Å². The van der Waals surface area contributed by atoms with Crippen LogP contribution in [0.5, 0.6) is 0 Å². The topological polar surface area (TPSA) is 63.8 Å². The third kappa shape index (κ3) is 2.85. The van der Waals surface area contributed by atoms with Gasteiger partial charge < -0.3 is 11.1 Å². The zero-order valence-electron chi connectivity index (χ0n) is 9.39. The van der Waals surface area contributed by atoms with E-state index in [1.165, 1.54) is 0 Å². The Morgan fingerprint density at radius 2 is 2.06 bits per heavy atom. The van der Waals surface area contributed by atoms with Crippen molar-refractivity contribution < 1.29 is 0 Å². The van der Waals surface area contributed by atoms with Crippen LogP contribution in [0.25, 0.3) is 0 Å². The third-order valence-corrected chi connectivity index (χ3v) is 2.74. The second-order valence-electron chi connectivity index (χ2n) is 3.69. The summed E-state index contributed by atoms with van der Waals surface area (Å²) >= 11 is 6.11. The molecule has 1 aromatic heterocycles. The average Bonchev–Trinajstić information content (AvgIpc) is 2.29. The molecule has 0 fully saturated rings. The van der Waals surface area contributed by atoms with Gasteiger partial charge in [-0.2, -0.15) is 4.98 Å². The Balaban J connectivity index is 2.17. The van der Waals surface area contributed by atoms with Gasteiger partial charge in [0.25, 0.3) is 0 Å². The minimum atomic E-state index is 0.0190. The average molecular weight is 249 g/mol. The molecule has 0 aliphatic carbocycles. The Morgan fingerprint density at radius 1 is 1.29 bits per heavy atom. The minimum absolute atomic E-state index is 0.0190. The molecule has 3 N–H and O–H groups in total. The summed E-state index contributed by atoms with van der Waals surface area (Å²) in [7, 11) is 0.